The third kappa shape index (κ3) is 5.50. The first kappa shape index (κ1) is 20.5. The number of benzene rings is 1. The van der Waals surface area contributed by atoms with Crippen molar-refractivity contribution in [2.75, 3.05) is 32.8 Å². The number of hydrogen-bond acceptors (Lipinski definition) is 3. The van der Waals surface area contributed by atoms with Crippen LogP contribution in [-0.4, -0.2) is 42.8 Å². The Labute approximate surface area is 145 Å². The molecule has 0 aromatic heterocycles. The fourth-order valence-electron chi connectivity index (χ4n) is 2.81. The van der Waals surface area contributed by atoms with E-state index < -0.39 is 11.7 Å². The molecule has 0 bridgehead atoms. The van der Waals surface area contributed by atoms with Crippen LogP contribution in [0.4, 0.5) is 13.2 Å². The molecule has 1 saturated heterocycles. The highest BCUT2D eigenvalue weighted by molar-refractivity contribution is 6.31. The van der Waals surface area contributed by atoms with Gasteiger partial charge in [-0.05, 0) is 30.5 Å². The summed E-state index contributed by atoms with van der Waals surface area (Å²) in [7, 11) is 0. The number of aliphatic hydroxyl groups is 1. The molecule has 1 atom stereocenters. The van der Waals surface area contributed by atoms with E-state index in [4.69, 9.17) is 16.7 Å². The minimum Gasteiger partial charge on any atom is -0.396 e. The molecule has 0 saturated carbocycles. The van der Waals surface area contributed by atoms with Crippen LogP contribution in [0.25, 0.3) is 0 Å². The summed E-state index contributed by atoms with van der Waals surface area (Å²) in [5.41, 5.74) is -0.192. The van der Waals surface area contributed by atoms with Gasteiger partial charge >= 0.3 is 6.18 Å². The minimum atomic E-state index is -4.46. The van der Waals surface area contributed by atoms with E-state index >= 15 is 0 Å². The lowest BCUT2D eigenvalue weighted by atomic mass is 9.97. The van der Waals surface area contributed by atoms with Gasteiger partial charge in [0.1, 0.15) is 0 Å². The van der Waals surface area contributed by atoms with E-state index in [2.05, 4.69) is 10.2 Å². The largest absolute Gasteiger partial charge is 0.417 e. The van der Waals surface area contributed by atoms with Crippen LogP contribution in [-0.2, 0) is 6.18 Å². The zero-order valence-electron chi connectivity index (χ0n) is 12.6. The predicted molar refractivity (Wildman–Crippen MR) is 87.2 cm³/mol. The van der Waals surface area contributed by atoms with Crippen LogP contribution in [0.1, 0.15) is 30.0 Å². The summed E-state index contributed by atoms with van der Waals surface area (Å²) in [4.78, 5) is 2.16. The van der Waals surface area contributed by atoms with Crippen molar-refractivity contribution < 1.29 is 18.3 Å². The average molecular weight is 373 g/mol. The number of nitrogens with one attached hydrogen (secondary N) is 1. The van der Waals surface area contributed by atoms with Crippen LogP contribution >= 0.6 is 24.0 Å². The van der Waals surface area contributed by atoms with Gasteiger partial charge in [-0.2, -0.15) is 13.2 Å². The van der Waals surface area contributed by atoms with Crippen molar-refractivity contribution in [1.82, 2.24) is 10.2 Å². The van der Waals surface area contributed by atoms with Gasteiger partial charge in [-0.1, -0.05) is 17.7 Å². The number of alkyl halides is 3. The van der Waals surface area contributed by atoms with Crippen molar-refractivity contribution in [1.29, 1.82) is 0 Å². The molecular weight excluding hydrogens is 352 g/mol. The second-order valence-electron chi connectivity index (χ2n) is 5.40. The smallest absolute Gasteiger partial charge is 0.396 e. The fraction of sp³-hybridized carbons (Fsp3) is 0.600. The van der Waals surface area contributed by atoms with E-state index in [1.165, 1.54) is 6.07 Å². The summed E-state index contributed by atoms with van der Waals surface area (Å²) in [6.07, 6.45) is -3.29. The summed E-state index contributed by atoms with van der Waals surface area (Å²) in [5.74, 6) is 0. The SMILES string of the molecule is Cl.OCCC[C@H](c1ccc(Cl)c(C(F)(F)F)c1)N1CCNCC1. The molecule has 1 aromatic rings. The summed E-state index contributed by atoms with van der Waals surface area (Å²) >= 11 is 5.69. The van der Waals surface area contributed by atoms with Crippen LogP contribution in [0.2, 0.25) is 5.02 Å². The number of halogens is 5. The third-order valence-corrected chi connectivity index (χ3v) is 4.24. The number of hydrogen-bond donors (Lipinski definition) is 2. The van der Waals surface area contributed by atoms with Crippen molar-refractivity contribution >= 4 is 24.0 Å². The van der Waals surface area contributed by atoms with Gasteiger partial charge in [0.2, 0.25) is 0 Å². The Morgan fingerprint density at radius 3 is 2.48 bits per heavy atom. The first-order valence-corrected chi connectivity index (χ1v) is 7.73. The molecule has 23 heavy (non-hydrogen) atoms. The van der Waals surface area contributed by atoms with Gasteiger partial charge in [0, 0.05) is 38.8 Å². The van der Waals surface area contributed by atoms with Gasteiger partial charge in [0.25, 0.3) is 0 Å². The summed E-state index contributed by atoms with van der Waals surface area (Å²) in [5, 5.41) is 12.0. The van der Waals surface area contributed by atoms with Gasteiger partial charge < -0.3 is 10.4 Å². The lowest BCUT2D eigenvalue weighted by Gasteiger charge is -2.35. The Balaban J connectivity index is 0.00000264. The quantitative estimate of drug-likeness (QED) is 0.830. The van der Waals surface area contributed by atoms with Crippen LogP contribution in [0, 0.1) is 0 Å². The summed E-state index contributed by atoms with van der Waals surface area (Å²) in [6.45, 7) is 3.22. The van der Waals surface area contributed by atoms with Gasteiger partial charge in [-0.25, -0.2) is 0 Å². The number of piperazine rings is 1. The topological polar surface area (TPSA) is 35.5 Å². The Morgan fingerprint density at radius 1 is 1.26 bits per heavy atom. The molecule has 132 valence electrons. The first-order chi connectivity index (χ1) is 10.4. The second kappa shape index (κ2) is 9.08. The lowest BCUT2D eigenvalue weighted by Crippen LogP contribution is -2.45. The fourth-order valence-corrected chi connectivity index (χ4v) is 3.03. The molecule has 1 heterocycles. The molecule has 0 amide bonds. The average Bonchev–Trinajstić information content (AvgIpc) is 2.49. The standard InChI is InChI=1S/C15H20ClF3N2O.ClH/c16-13-4-3-11(10-12(13)15(17,18)19)14(2-1-9-22)21-7-5-20-6-8-21;/h3-4,10,14,20,22H,1-2,5-9H2;1H/t14-;/m1./s1. The predicted octanol–water partition coefficient (Wildman–Crippen LogP) is 3.50. The maximum Gasteiger partial charge on any atom is 0.417 e. The zero-order valence-corrected chi connectivity index (χ0v) is 14.1. The molecule has 1 aliphatic heterocycles. The monoisotopic (exact) mass is 372 g/mol. The van der Waals surface area contributed by atoms with E-state index in [1.807, 2.05) is 0 Å². The highest BCUT2D eigenvalue weighted by atomic mass is 35.5. The van der Waals surface area contributed by atoms with Gasteiger partial charge in [-0.15, -0.1) is 12.4 Å². The van der Waals surface area contributed by atoms with Gasteiger partial charge in [0.05, 0.1) is 10.6 Å². The van der Waals surface area contributed by atoms with Gasteiger partial charge in [0.15, 0.2) is 0 Å². The highest BCUT2D eigenvalue weighted by Gasteiger charge is 2.34. The van der Waals surface area contributed by atoms with Gasteiger partial charge in [-0.3, -0.25) is 4.90 Å². The Bertz CT molecular complexity index is 494. The van der Waals surface area contributed by atoms with Crippen molar-refractivity contribution in [2.45, 2.75) is 25.1 Å². The molecule has 1 aromatic carbocycles. The van der Waals surface area contributed by atoms with Crippen LogP contribution < -0.4 is 5.32 Å². The molecule has 1 fully saturated rings. The molecule has 1 aliphatic rings. The van der Waals surface area contributed by atoms with Crippen LogP contribution in [0.3, 0.4) is 0 Å². The zero-order chi connectivity index (χ0) is 16.2. The van der Waals surface area contributed by atoms with Crippen molar-refractivity contribution in [2.24, 2.45) is 0 Å². The molecule has 0 spiro atoms. The molecule has 2 rings (SSSR count). The summed E-state index contributed by atoms with van der Waals surface area (Å²) < 4.78 is 39.1. The first-order valence-electron chi connectivity index (χ1n) is 7.35. The molecule has 0 unspecified atom stereocenters. The minimum absolute atomic E-state index is 0. The molecular formula is C15H21Cl2F3N2O. The number of nitrogens with zero attached hydrogens (tertiary/aromatic N) is 1. The van der Waals surface area contributed by atoms with Crippen LogP contribution in [0.15, 0.2) is 18.2 Å². The van der Waals surface area contributed by atoms with E-state index in [0.717, 1.165) is 32.2 Å². The second-order valence-corrected chi connectivity index (χ2v) is 5.81. The van der Waals surface area contributed by atoms with Crippen molar-refractivity contribution in [3.05, 3.63) is 34.3 Å². The summed E-state index contributed by atoms with van der Waals surface area (Å²) in [6, 6.07) is 3.98. The van der Waals surface area contributed by atoms with Crippen molar-refractivity contribution in [3.63, 3.8) is 0 Å². The van der Waals surface area contributed by atoms with E-state index in [1.54, 1.807) is 6.07 Å². The molecule has 0 aliphatic carbocycles. The Morgan fingerprint density at radius 2 is 1.91 bits per heavy atom. The molecule has 2 N–H and O–H groups in total. The molecule has 8 heteroatoms. The Kier molecular flexibility index (Phi) is 8.10. The van der Waals surface area contributed by atoms with Crippen LogP contribution in [0.5, 0.6) is 0 Å². The highest BCUT2D eigenvalue weighted by Crippen LogP contribution is 2.37. The Hall–Kier alpha value is -0.530. The van der Waals surface area contributed by atoms with E-state index in [-0.39, 0.29) is 30.1 Å². The van der Waals surface area contributed by atoms with E-state index in [9.17, 15) is 13.2 Å². The molecule has 0 radical (unpaired) electrons. The number of rotatable bonds is 5. The maximum absolute atomic E-state index is 13.0. The molecule has 3 nitrogen and oxygen atoms in total. The van der Waals surface area contributed by atoms with Crippen molar-refractivity contribution in [3.8, 4) is 0 Å². The van der Waals surface area contributed by atoms with E-state index in [0.29, 0.717) is 18.4 Å². The third-order valence-electron chi connectivity index (χ3n) is 3.91. The normalized spacial score (nSPS) is 17.6. The number of aliphatic hydroxyl groups excluding tert-OH is 1. The maximum atomic E-state index is 13.0. The lowest BCUT2D eigenvalue weighted by molar-refractivity contribution is -0.137.